The molecule has 0 radical (unpaired) electrons. The van der Waals surface area contributed by atoms with Crippen LogP contribution < -0.4 is 16.3 Å². The number of nitrogens with one attached hydrogen (secondary N) is 2. The number of nitrogens with zero attached hydrogens (tertiary/aromatic N) is 2. The molecule has 0 aliphatic rings. The summed E-state index contributed by atoms with van der Waals surface area (Å²) >= 11 is 5.87. The standard InChI is InChI=1S/C23H25ClN4O4/c1-4-23(2,3)32-22(31)25-14-19-17-7-5-6-8-18(17)21(30)28(26-19)27-20(29)13-15-9-11-16(24)12-10-15/h5-12H,4,13-14H2,1-3H3,(H,25,31)(H,27,29). The van der Waals surface area contributed by atoms with E-state index < -0.39 is 23.2 Å². The fourth-order valence-electron chi connectivity index (χ4n) is 2.92. The van der Waals surface area contributed by atoms with E-state index in [4.69, 9.17) is 16.3 Å². The van der Waals surface area contributed by atoms with Crippen LogP contribution in [0.3, 0.4) is 0 Å². The molecule has 0 fully saturated rings. The minimum Gasteiger partial charge on any atom is -0.444 e. The van der Waals surface area contributed by atoms with Gasteiger partial charge in [0.2, 0.25) is 5.91 Å². The first kappa shape index (κ1) is 23.3. The molecule has 0 aliphatic heterocycles. The molecule has 8 nitrogen and oxygen atoms in total. The molecule has 0 unspecified atom stereocenters. The van der Waals surface area contributed by atoms with Crippen LogP contribution >= 0.6 is 11.6 Å². The van der Waals surface area contributed by atoms with Crippen LogP contribution in [0.5, 0.6) is 0 Å². The van der Waals surface area contributed by atoms with Crippen LogP contribution in [0, 0.1) is 0 Å². The summed E-state index contributed by atoms with van der Waals surface area (Å²) < 4.78 is 5.39. The first-order valence-electron chi connectivity index (χ1n) is 10.2. The number of ether oxygens (including phenoxy) is 1. The molecule has 3 rings (SSSR count). The number of carbonyl (C=O) groups excluding carboxylic acids is 2. The van der Waals surface area contributed by atoms with Gasteiger partial charge in [0.05, 0.1) is 24.0 Å². The Morgan fingerprint density at radius 3 is 2.41 bits per heavy atom. The second kappa shape index (κ2) is 9.82. The minimum atomic E-state index is -0.603. The van der Waals surface area contributed by atoms with Gasteiger partial charge in [0.25, 0.3) is 5.56 Å². The second-order valence-electron chi connectivity index (χ2n) is 7.90. The number of benzene rings is 2. The van der Waals surface area contributed by atoms with Crippen LogP contribution in [0.25, 0.3) is 10.8 Å². The SMILES string of the molecule is CCC(C)(C)OC(=O)NCc1nn(NC(=O)Cc2ccc(Cl)cc2)c(=O)c2ccccc12. The summed E-state index contributed by atoms with van der Waals surface area (Å²) in [6, 6.07) is 13.7. The van der Waals surface area contributed by atoms with Crippen molar-refractivity contribution in [3.05, 3.63) is 75.2 Å². The number of alkyl carbamates (subject to hydrolysis) is 1. The molecule has 2 N–H and O–H groups in total. The number of amides is 2. The summed E-state index contributed by atoms with van der Waals surface area (Å²) in [6.45, 7) is 5.57. The van der Waals surface area contributed by atoms with Crippen LogP contribution in [0.15, 0.2) is 53.3 Å². The van der Waals surface area contributed by atoms with E-state index in [9.17, 15) is 14.4 Å². The lowest BCUT2D eigenvalue weighted by Crippen LogP contribution is -2.38. The third-order valence-corrected chi connectivity index (χ3v) is 5.26. The lowest BCUT2D eigenvalue weighted by atomic mass is 10.1. The van der Waals surface area contributed by atoms with Crippen molar-refractivity contribution in [3.8, 4) is 0 Å². The maximum absolute atomic E-state index is 12.8. The number of rotatable bonds is 7. The monoisotopic (exact) mass is 456 g/mol. The quantitative estimate of drug-likeness (QED) is 0.563. The maximum atomic E-state index is 12.8. The smallest absolute Gasteiger partial charge is 0.407 e. The number of hydrogen-bond donors (Lipinski definition) is 2. The maximum Gasteiger partial charge on any atom is 0.407 e. The van der Waals surface area contributed by atoms with Gasteiger partial charge in [0.1, 0.15) is 5.60 Å². The number of fused-ring (bicyclic) bond motifs is 1. The Hall–Kier alpha value is -3.39. The van der Waals surface area contributed by atoms with E-state index in [1.54, 1.807) is 48.5 Å². The summed E-state index contributed by atoms with van der Waals surface area (Å²) in [5, 5.41) is 8.45. The van der Waals surface area contributed by atoms with E-state index in [-0.39, 0.29) is 13.0 Å². The van der Waals surface area contributed by atoms with Gasteiger partial charge in [-0.15, -0.1) is 4.79 Å². The highest BCUT2D eigenvalue weighted by Crippen LogP contribution is 2.15. The summed E-state index contributed by atoms with van der Waals surface area (Å²) in [7, 11) is 0. The molecule has 0 atom stereocenters. The highest BCUT2D eigenvalue weighted by molar-refractivity contribution is 6.30. The minimum absolute atomic E-state index is 0.0203. The zero-order valence-corrected chi connectivity index (χ0v) is 18.9. The molecule has 2 amide bonds. The van der Waals surface area contributed by atoms with Crippen molar-refractivity contribution in [1.29, 1.82) is 0 Å². The zero-order chi connectivity index (χ0) is 23.3. The predicted molar refractivity (Wildman–Crippen MR) is 123 cm³/mol. The zero-order valence-electron chi connectivity index (χ0n) is 18.1. The third-order valence-electron chi connectivity index (χ3n) is 5.01. The van der Waals surface area contributed by atoms with Gasteiger partial charge in [-0.3, -0.25) is 9.59 Å². The third kappa shape index (κ3) is 5.85. The van der Waals surface area contributed by atoms with Gasteiger partial charge in [-0.1, -0.05) is 48.9 Å². The van der Waals surface area contributed by atoms with Gasteiger partial charge < -0.3 is 10.1 Å². The summed E-state index contributed by atoms with van der Waals surface area (Å²) in [6.07, 6.45) is 0.114. The van der Waals surface area contributed by atoms with Crippen molar-refractivity contribution >= 4 is 34.4 Å². The molecule has 0 spiro atoms. The fourth-order valence-corrected chi connectivity index (χ4v) is 3.05. The lowest BCUT2D eigenvalue weighted by molar-refractivity contribution is -0.116. The van der Waals surface area contributed by atoms with Crippen LogP contribution in [0.2, 0.25) is 5.02 Å². The highest BCUT2D eigenvalue weighted by atomic mass is 35.5. The summed E-state index contributed by atoms with van der Waals surface area (Å²) in [4.78, 5) is 38.4. The Bertz CT molecular complexity index is 1190. The van der Waals surface area contributed by atoms with E-state index in [1.807, 2.05) is 20.8 Å². The second-order valence-corrected chi connectivity index (χ2v) is 8.34. The van der Waals surface area contributed by atoms with Gasteiger partial charge in [-0.2, -0.15) is 5.10 Å². The van der Waals surface area contributed by atoms with E-state index in [0.29, 0.717) is 27.9 Å². The predicted octanol–water partition coefficient (Wildman–Crippen LogP) is 3.78. The topological polar surface area (TPSA) is 102 Å². The van der Waals surface area contributed by atoms with E-state index >= 15 is 0 Å². The molecular formula is C23H25ClN4O4. The van der Waals surface area contributed by atoms with Crippen molar-refractivity contribution in [3.63, 3.8) is 0 Å². The van der Waals surface area contributed by atoms with Gasteiger partial charge >= 0.3 is 6.09 Å². The number of halogens is 1. The van der Waals surface area contributed by atoms with Crippen LogP contribution in [0.1, 0.15) is 38.4 Å². The average molecular weight is 457 g/mol. The summed E-state index contributed by atoms with van der Waals surface area (Å²) in [5.74, 6) is -0.416. The van der Waals surface area contributed by atoms with E-state index in [2.05, 4.69) is 15.8 Å². The van der Waals surface area contributed by atoms with Crippen LogP contribution in [0.4, 0.5) is 4.79 Å². The Kier molecular flexibility index (Phi) is 7.15. The molecule has 3 aromatic rings. The molecule has 0 saturated carbocycles. The van der Waals surface area contributed by atoms with Crippen molar-refractivity contribution in [2.24, 2.45) is 0 Å². The van der Waals surface area contributed by atoms with Crippen LogP contribution in [-0.4, -0.2) is 27.5 Å². The van der Waals surface area contributed by atoms with Gasteiger partial charge in [-0.05, 0) is 44.0 Å². The molecule has 168 valence electrons. The van der Waals surface area contributed by atoms with Gasteiger partial charge in [0, 0.05) is 10.4 Å². The molecule has 32 heavy (non-hydrogen) atoms. The summed E-state index contributed by atoms with van der Waals surface area (Å²) in [5.41, 5.74) is 2.60. The fraction of sp³-hybridized carbons (Fsp3) is 0.304. The average Bonchev–Trinajstić information content (AvgIpc) is 2.76. The van der Waals surface area contributed by atoms with Gasteiger partial charge in [0.15, 0.2) is 0 Å². The number of carbonyl (C=O) groups is 2. The molecule has 0 aliphatic carbocycles. The Balaban J connectivity index is 1.82. The largest absolute Gasteiger partial charge is 0.444 e. The molecular weight excluding hydrogens is 432 g/mol. The molecule has 1 heterocycles. The number of hydrogen-bond acceptors (Lipinski definition) is 5. The number of aromatic nitrogens is 2. The first-order valence-corrected chi connectivity index (χ1v) is 10.6. The van der Waals surface area contributed by atoms with Crippen molar-refractivity contribution in [2.75, 3.05) is 5.43 Å². The molecule has 1 aromatic heterocycles. The van der Waals surface area contributed by atoms with Gasteiger partial charge in [-0.25, -0.2) is 10.2 Å². The van der Waals surface area contributed by atoms with Crippen molar-refractivity contribution in [1.82, 2.24) is 15.2 Å². The highest BCUT2D eigenvalue weighted by Gasteiger charge is 2.21. The first-order chi connectivity index (χ1) is 15.2. The van der Waals surface area contributed by atoms with E-state index in [1.165, 1.54) is 0 Å². The normalized spacial score (nSPS) is 11.2. The molecule has 0 bridgehead atoms. The van der Waals surface area contributed by atoms with Crippen molar-refractivity contribution < 1.29 is 14.3 Å². The molecule has 0 saturated heterocycles. The molecule has 9 heteroatoms. The van der Waals surface area contributed by atoms with Crippen molar-refractivity contribution in [2.45, 2.75) is 45.8 Å². The Labute approximate surface area is 190 Å². The van der Waals surface area contributed by atoms with Crippen LogP contribution in [-0.2, 0) is 22.5 Å². The molecule has 2 aromatic carbocycles. The Morgan fingerprint density at radius 1 is 1.09 bits per heavy atom. The lowest BCUT2D eigenvalue weighted by Gasteiger charge is -2.23. The van der Waals surface area contributed by atoms with E-state index in [0.717, 1.165) is 10.4 Å². The Morgan fingerprint density at radius 2 is 1.75 bits per heavy atom.